The van der Waals surface area contributed by atoms with E-state index in [1.807, 2.05) is 0 Å². The van der Waals surface area contributed by atoms with E-state index in [0.717, 1.165) is 12.3 Å². The van der Waals surface area contributed by atoms with E-state index in [2.05, 4.69) is 30.8 Å². The lowest BCUT2D eigenvalue weighted by molar-refractivity contribution is -0.199. The Balaban J connectivity index is 1.80. The molecule has 2 bridgehead atoms. The molecule has 0 radical (unpaired) electrons. The topological polar surface area (TPSA) is 67.2 Å². The first-order valence-corrected chi connectivity index (χ1v) is 6.32. The van der Waals surface area contributed by atoms with Crippen molar-refractivity contribution in [2.45, 2.75) is 45.3 Å². The molecule has 1 aliphatic heterocycles. The summed E-state index contributed by atoms with van der Waals surface area (Å²) in [6, 6.07) is 0. The SMILES string of the molecule is CC1(C)C2CC1[C@]1(C)OB(CN=[N+]=[N-])O[C@@H]1C2. The van der Waals surface area contributed by atoms with E-state index in [4.69, 9.17) is 14.8 Å². The summed E-state index contributed by atoms with van der Waals surface area (Å²) in [5.74, 6) is 1.32. The second kappa shape index (κ2) is 3.41. The molecule has 4 fully saturated rings. The van der Waals surface area contributed by atoms with Crippen LogP contribution in [0.5, 0.6) is 0 Å². The van der Waals surface area contributed by atoms with Gasteiger partial charge < -0.3 is 9.31 Å². The summed E-state index contributed by atoms with van der Waals surface area (Å²) >= 11 is 0. The Kier molecular flexibility index (Phi) is 2.28. The average molecular weight is 235 g/mol. The molecule has 6 heteroatoms. The lowest BCUT2D eigenvalue weighted by Gasteiger charge is -2.64. The first kappa shape index (κ1) is 11.4. The van der Waals surface area contributed by atoms with Gasteiger partial charge in [0.1, 0.15) is 0 Å². The normalized spacial score (nSPS) is 45.8. The van der Waals surface area contributed by atoms with Crippen molar-refractivity contribution in [1.82, 2.24) is 0 Å². The van der Waals surface area contributed by atoms with Crippen LogP contribution in [0.3, 0.4) is 0 Å². The van der Waals surface area contributed by atoms with Gasteiger partial charge >= 0.3 is 7.12 Å². The molecule has 1 saturated heterocycles. The van der Waals surface area contributed by atoms with Gasteiger partial charge in [0.25, 0.3) is 0 Å². The van der Waals surface area contributed by atoms with Gasteiger partial charge in [-0.25, -0.2) is 0 Å². The molecular weight excluding hydrogens is 217 g/mol. The standard InChI is InChI=1S/C11H18BN3O2/c1-10(2)7-4-8(10)11(3)9(5-7)16-12(17-11)6-14-15-13/h7-9H,4-6H2,1-3H3/t7?,8?,9-,11+/m1/s1. The molecule has 3 saturated carbocycles. The molecule has 0 aromatic rings. The first-order valence-electron chi connectivity index (χ1n) is 6.32. The van der Waals surface area contributed by atoms with Gasteiger partial charge in [0.15, 0.2) is 0 Å². The van der Waals surface area contributed by atoms with Crippen molar-refractivity contribution in [3.63, 3.8) is 0 Å². The maximum atomic E-state index is 8.34. The van der Waals surface area contributed by atoms with E-state index in [9.17, 15) is 0 Å². The molecule has 17 heavy (non-hydrogen) atoms. The third kappa shape index (κ3) is 1.38. The summed E-state index contributed by atoms with van der Waals surface area (Å²) in [7, 11) is -0.351. The van der Waals surface area contributed by atoms with Crippen LogP contribution in [0, 0.1) is 17.3 Å². The van der Waals surface area contributed by atoms with Gasteiger partial charge in [0.2, 0.25) is 0 Å². The van der Waals surface area contributed by atoms with Crippen molar-refractivity contribution in [2.24, 2.45) is 22.4 Å². The highest BCUT2D eigenvalue weighted by Crippen LogP contribution is 2.65. The molecular formula is C11H18BN3O2. The fourth-order valence-electron chi connectivity index (χ4n) is 4.13. The smallest absolute Gasteiger partial charge is 0.405 e. The molecule has 1 heterocycles. The Morgan fingerprint density at radius 2 is 2.18 bits per heavy atom. The number of azide groups is 1. The van der Waals surface area contributed by atoms with Gasteiger partial charge in [-0.2, -0.15) is 0 Å². The lowest BCUT2D eigenvalue weighted by Crippen LogP contribution is -2.65. The monoisotopic (exact) mass is 235 g/mol. The van der Waals surface area contributed by atoms with Crippen LogP contribution in [0.4, 0.5) is 0 Å². The molecule has 0 N–H and O–H groups in total. The lowest BCUT2D eigenvalue weighted by atomic mass is 9.43. The molecule has 5 nitrogen and oxygen atoms in total. The van der Waals surface area contributed by atoms with Crippen LogP contribution >= 0.6 is 0 Å². The highest BCUT2D eigenvalue weighted by Gasteiger charge is 2.67. The minimum Gasteiger partial charge on any atom is -0.405 e. The predicted molar refractivity (Wildman–Crippen MR) is 64.1 cm³/mol. The van der Waals surface area contributed by atoms with Crippen molar-refractivity contribution < 1.29 is 9.31 Å². The highest BCUT2D eigenvalue weighted by atomic mass is 16.7. The summed E-state index contributed by atoms with van der Waals surface area (Å²) < 4.78 is 11.9. The first-order chi connectivity index (χ1) is 7.98. The van der Waals surface area contributed by atoms with Crippen molar-refractivity contribution >= 4 is 7.12 Å². The highest BCUT2D eigenvalue weighted by molar-refractivity contribution is 6.45. The van der Waals surface area contributed by atoms with Gasteiger partial charge in [-0.1, -0.05) is 19.0 Å². The third-order valence-electron chi connectivity index (χ3n) is 5.30. The quantitative estimate of drug-likeness (QED) is 0.319. The van der Waals surface area contributed by atoms with Crippen molar-refractivity contribution in [3.05, 3.63) is 10.4 Å². The third-order valence-corrected chi connectivity index (χ3v) is 5.30. The molecule has 3 aliphatic carbocycles. The Morgan fingerprint density at radius 1 is 1.41 bits per heavy atom. The summed E-state index contributed by atoms with van der Waals surface area (Å²) in [5, 5.41) is 3.55. The molecule has 92 valence electrons. The fourth-order valence-corrected chi connectivity index (χ4v) is 4.13. The molecule has 4 aliphatic rings. The fraction of sp³-hybridized carbons (Fsp3) is 1.00. The van der Waals surface area contributed by atoms with Gasteiger partial charge in [-0.15, -0.1) is 0 Å². The summed E-state index contributed by atoms with van der Waals surface area (Å²) in [5.41, 5.74) is 8.52. The number of hydrogen-bond donors (Lipinski definition) is 0. The Hall–Kier alpha value is -0.705. The zero-order valence-corrected chi connectivity index (χ0v) is 10.6. The molecule has 0 spiro atoms. The molecule has 0 aromatic heterocycles. The van der Waals surface area contributed by atoms with E-state index in [1.165, 1.54) is 6.42 Å². The second-order valence-electron chi connectivity index (χ2n) is 6.31. The van der Waals surface area contributed by atoms with Crippen molar-refractivity contribution in [1.29, 1.82) is 0 Å². The molecule has 0 amide bonds. The summed E-state index contributed by atoms with van der Waals surface area (Å²) in [4.78, 5) is 2.76. The van der Waals surface area contributed by atoms with Gasteiger partial charge in [-0.3, -0.25) is 0 Å². The van der Waals surface area contributed by atoms with Gasteiger partial charge in [0, 0.05) is 4.91 Å². The summed E-state index contributed by atoms with van der Waals surface area (Å²) in [6.45, 7) is 6.82. The number of rotatable bonds is 2. The number of nitrogens with zero attached hydrogens (tertiary/aromatic N) is 3. The van der Waals surface area contributed by atoms with E-state index >= 15 is 0 Å². The van der Waals surface area contributed by atoms with Crippen LogP contribution < -0.4 is 0 Å². The average Bonchev–Trinajstić information content (AvgIpc) is 2.61. The number of hydrogen-bond acceptors (Lipinski definition) is 3. The molecule has 4 rings (SSSR count). The van der Waals surface area contributed by atoms with Crippen molar-refractivity contribution in [3.8, 4) is 0 Å². The Morgan fingerprint density at radius 3 is 2.82 bits per heavy atom. The Bertz CT molecular complexity index is 396. The van der Waals surface area contributed by atoms with Crippen LogP contribution in [-0.2, 0) is 9.31 Å². The van der Waals surface area contributed by atoms with Crippen LogP contribution in [0.2, 0.25) is 0 Å². The largest absolute Gasteiger partial charge is 0.463 e. The second-order valence-corrected chi connectivity index (χ2v) is 6.31. The van der Waals surface area contributed by atoms with E-state index < -0.39 is 0 Å². The molecule has 2 unspecified atom stereocenters. The summed E-state index contributed by atoms with van der Waals surface area (Å²) in [6.07, 6.45) is 2.78. The van der Waals surface area contributed by atoms with Crippen LogP contribution in [0.25, 0.3) is 10.4 Å². The maximum absolute atomic E-state index is 8.34. The van der Waals surface area contributed by atoms with Crippen LogP contribution in [0.15, 0.2) is 5.11 Å². The predicted octanol–water partition coefficient (Wildman–Crippen LogP) is 2.56. The van der Waals surface area contributed by atoms with Crippen LogP contribution in [0.1, 0.15) is 33.6 Å². The van der Waals surface area contributed by atoms with Gasteiger partial charge in [-0.05, 0) is 42.5 Å². The zero-order valence-electron chi connectivity index (χ0n) is 10.6. The molecule has 4 atom stereocenters. The Labute approximate surface area is 102 Å². The minimum atomic E-state index is -0.351. The minimum absolute atomic E-state index is 0.179. The van der Waals surface area contributed by atoms with Crippen LogP contribution in [-0.4, -0.2) is 25.3 Å². The van der Waals surface area contributed by atoms with E-state index in [1.54, 1.807) is 0 Å². The maximum Gasteiger partial charge on any atom is 0.463 e. The van der Waals surface area contributed by atoms with Gasteiger partial charge in [0.05, 0.1) is 18.1 Å². The van der Waals surface area contributed by atoms with E-state index in [-0.39, 0.29) is 25.3 Å². The van der Waals surface area contributed by atoms with E-state index in [0.29, 0.717) is 11.3 Å². The molecule has 0 aromatic carbocycles. The van der Waals surface area contributed by atoms with Crippen molar-refractivity contribution in [2.75, 3.05) is 6.44 Å². The zero-order chi connectivity index (χ0) is 12.3.